The molecule has 1 aliphatic carbocycles. The molecule has 0 aromatic carbocycles. The fraction of sp³-hybridized carbons (Fsp3) is 0.500. The van der Waals surface area contributed by atoms with Crippen molar-refractivity contribution in [2.45, 2.75) is 55.9 Å². The minimum absolute atomic E-state index is 0.0968. The van der Waals surface area contributed by atoms with Crippen LogP contribution in [0.4, 0.5) is 10.2 Å². The molecule has 0 unspecified atom stereocenters. The standard InChI is InChI=1S/C26H30FN5O4/c1-34-22-5-3-19-23(32-22)17(18(27)14-29-19)12-21(33)26-8-6-25(7-9-26,15-36-26)30-13-16-2-4-20-24(31-16)28-10-11-35-20/h2-5,14,21,30,33H,6-13,15H2,1H3,(H,28,31)/t21-,25?,26?/m0/s1. The fourth-order valence-electron chi connectivity index (χ4n) is 5.58. The van der Waals surface area contributed by atoms with Gasteiger partial charge < -0.3 is 30.0 Å². The maximum Gasteiger partial charge on any atom is 0.213 e. The summed E-state index contributed by atoms with van der Waals surface area (Å²) in [4.78, 5) is 13.2. The molecule has 9 nitrogen and oxygen atoms in total. The van der Waals surface area contributed by atoms with Gasteiger partial charge in [0.2, 0.25) is 5.88 Å². The Hall–Kier alpha value is -3.08. The highest BCUT2D eigenvalue weighted by atomic mass is 19.1. The number of ether oxygens (including phenoxy) is 3. The largest absolute Gasteiger partial charge is 0.488 e. The monoisotopic (exact) mass is 495 g/mol. The zero-order valence-electron chi connectivity index (χ0n) is 20.2. The number of aliphatic hydroxyl groups excluding tert-OH is 1. The number of pyridine rings is 3. The molecular formula is C26H30FN5O4. The Labute approximate surface area is 208 Å². The SMILES string of the molecule is COc1ccc2ncc(F)c(C[C@H](O)C34CCC(NCc5ccc6c(n5)NCCO6)(CC3)CO4)c2n1. The molecule has 7 rings (SSSR count). The highest BCUT2D eigenvalue weighted by Crippen LogP contribution is 2.46. The van der Waals surface area contributed by atoms with Crippen molar-refractivity contribution in [1.82, 2.24) is 20.3 Å². The average Bonchev–Trinajstić information content (AvgIpc) is 2.94. The quantitative estimate of drug-likeness (QED) is 0.456. The molecule has 4 aliphatic rings. The topological polar surface area (TPSA) is 111 Å². The van der Waals surface area contributed by atoms with Gasteiger partial charge in [0.05, 0.1) is 54.9 Å². The number of rotatable bonds is 7. The lowest BCUT2D eigenvalue weighted by atomic mass is 9.68. The molecule has 190 valence electrons. The Kier molecular flexibility index (Phi) is 5.89. The number of hydrogen-bond donors (Lipinski definition) is 3. The summed E-state index contributed by atoms with van der Waals surface area (Å²) in [6.45, 7) is 2.51. The highest BCUT2D eigenvalue weighted by Gasteiger charge is 2.53. The third-order valence-electron chi connectivity index (χ3n) is 7.86. The molecule has 2 saturated heterocycles. The number of nitrogens with zero attached hydrogens (tertiary/aromatic N) is 3. The van der Waals surface area contributed by atoms with Crippen LogP contribution in [0.15, 0.2) is 30.5 Å². The van der Waals surface area contributed by atoms with Gasteiger partial charge in [-0.05, 0) is 43.9 Å². The first-order chi connectivity index (χ1) is 17.5. The zero-order valence-corrected chi connectivity index (χ0v) is 20.2. The summed E-state index contributed by atoms with van der Waals surface area (Å²) in [6.07, 6.45) is 3.52. The van der Waals surface area contributed by atoms with E-state index in [1.54, 1.807) is 12.1 Å². The fourth-order valence-corrected chi connectivity index (χ4v) is 5.58. The first kappa shape index (κ1) is 23.3. The third kappa shape index (κ3) is 4.12. The summed E-state index contributed by atoms with van der Waals surface area (Å²) in [5, 5.41) is 18.2. The van der Waals surface area contributed by atoms with Crippen molar-refractivity contribution in [3.05, 3.63) is 47.5 Å². The van der Waals surface area contributed by atoms with Crippen LogP contribution in [0.25, 0.3) is 11.0 Å². The van der Waals surface area contributed by atoms with E-state index in [1.807, 2.05) is 12.1 Å². The van der Waals surface area contributed by atoms with Gasteiger partial charge in [-0.25, -0.2) is 14.4 Å². The van der Waals surface area contributed by atoms with Crippen LogP contribution in [-0.4, -0.2) is 64.2 Å². The lowest BCUT2D eigenvalue weighted by Crippen LogP contribution is -2.65. The maximum atomic E-state index is 14.8. The van der Waals surface area contributed by atoms with Gasteiger partial charge in [0.1, 0.15) is 12.4 Å². The van der Waals surface area contributed by atoms with Gasteiger partial charge in [0.25, 0.3) is 0 Å². The summed E-state index contributed by atoms with van der Waals surface area (Å²) in [5.74, 6) is 1.46. The van der Waals surface area contributed by atoms with Gasteiger partial charge in [-0.2, -0.15) is 0 Å². The molecule has 3 aromatic rings. The Bertz CT molecular complexity index is 1260. The number of aliphatic hydroxyl groups is 1. The summed E-state index contributed by atoms with van der Waals surface area (Å²) >= 11 is 0. The van der Waals surface area contributed by atoms with Crippen LogP contribution >= 0.6 is 0 Å². The van der Waals surface area contributed by atoms with Gasteiger partial charge >= 0.3 is 0 Å². The minimum atomic E-state index is -0.864. The van der Waals surface area contributed by atoms with E-state index >= 15 is 0 Å². The molecule has 1 saturated carbocycles. The van der Waals surface area contributed by atoms with Crippen LogP contribution in [-0.2, 0) is 17.7 Å². The van der Waals surface area contributed by atoms with Gasteiger partial charge in [0.15, 0.2) is 11.6 Å². The van der Waals surface area contributed by atoms with Crippen molar-refractivity contribution in [1.29, 1.82) is 0 Å². The molecule has 0 spiro atoms. The predicted octanol–water partition coefficient (Wildman–Crippen LogP) is 2.75. The molecule has 3 N–H and O–H groups in total. The van der Waals surface area contributed by atoms with Crippen molar-refractivity contribution in [2.24, 2.45) is 0 Å². The third-order valence-corrected chi connectivity index (χ3v) is 7.86. The van der Waals surface area contributed by atoms with Crippen molar-refractivity contribution < 1.29 is 23.7 Å². The molecule has 1 atom stereocenters. The summed E-state index contributed by atoms with van der Waals surface area (Å²) in [5.41, 5.74) is 1.38. The number of anilines is 1. The number of hydrogen-bond acceptors (Lipinski definition) is 9. The molecular weight excluding hydrogens is 465 g/mol. The van der Waals surface area contributed by atoms with Crippen molar-refractivity contribution in [3.8, 4) is 11.6 Å². The predicted molar refractivity (Wildman–Crippen MR) is 131 cm³/mol. The molecule has 0 radical (unpaired) electrons. The first-order valence-corrected chi connectivity index (χ1v) is 12.4. The molecule has 2 bridgehead atoms. The van der Waals surface area contributed by atoms with E-state index < -0.39 is 17.5 Å². The number of fused-ring (bicyclic) bond motifs is 5. The van der Waals surface area contributed by atoms with Gasteiger partial charge in [-0.1, -0.05) is 0 Å². The van der Waals surface area contributed by atoms with Crippen LogP contribution in [0.5, 0.6) is 11.6 Å². The molecule has 6 heterocycles. The number of halogens is 1. The minimum Gasteiger partial charge on any atom is -0.488 e. The van der Waals surface area contributed by atoms with E-state index in [2.05, 4.69) is 25.6 Å². The Morgan fingerprint density at radius 3 is 2.83 bits per heavy atom. The second-order valence-electron chi connectivity index (χ2n) is 9.94. The summed E-state index contributed by atoms with van der Waals surface area (Å²) in [7, 11) is 1.51. The highest BCUT2D eigenvalue weighted by molar-refractivity contribution is 5.78. The van der Waals surface area contributed by atoms with E-state index in [0.29, 0.717) is 55.1 Å². The van der Waals surface area contributed by atoms with Crippen LogP contribution in [0, 0.1) is 5.82 Å². The molecule has 0 amide bonds. The van der Waals surface area contributed by atoms with Crippen LogP contribution in [0.1, 0.15) is 36.9 Å². The van der Waals surface area contributed by atoms with Gasteiger partial charge in [-0.3, -0.25) is 4.98 Å². The molecule has 36 heavy (non-hydrogen) atoms. The Balaban J connectivity index is 1.13. The first-order valence-electron chi connectivity index (χ1n) is 12.4. The molecule has 10 heteroatoms. The van der Waals surface area contributed by atoms with E-state index in [1.165, 1.54) is 13.3 Å². The lowest BCUT2D eigenvalue weighted by molar-refractivity contribution is -0.208. The smallest absolute Gasteiger partial charge is 0.213 e. The van der Waals surface area contributed by atoms with E-state index in [-0.39, 0.29) is 12.0 Å². The second kappa shape index (κ2) is 9.10. The van der Waals surface area contributed by atoms with Crippen molar-refractivity contribution in [2.75, 3.05) is 32.2 Å². The van der Waals surface area contributed by atoms with Gasteiger partial charge in [-0.15, -0.1) is 0 Å². The van der Waals surface area contributed by atoms with Crippen LogP contribution in [0.3, 0.4) is 0 Å². The van der Waals surface area contributed by atoms with Crippen molar-refractivity contribution >= 4 is 16.9 Å². The average molecular weight is 496 g/mol. The Morgan fingerprint density at radius 2 is 2.06 bits per heavy atom. The lowest BCUT2D eigenvalue weighted by Gasteiger charge is -2.55. The van der Waals surface area contributed by atoms with Crippen LogP contribution in [0.2, 0.25) is 0 Å². The summed E-state index contributed by atoms with van der Waals surface area (Å²) in [6, 6.07) is 7.36. The normalized spacial score (nSPS) is 25.6. The van der Waals surface area contributed by atoms with E-state index in [0.717, 1.165) is 36.6 Å². The molecule has 3 aliphatic heterocycles. The van der Waals surface area contributed by atoms with Crippen LogP contribution < -0.4 is 20.1 Å². The summed E-state index contributed by atoms with van der Waals surface area (Å²) < 4.78 is 32.0. The Morgan fingerprint density at radius 1 is 1.19 bits per heavy atom. The second-order valence-corrected chi connectivity index (χ2v) is 9.94. The number of aromatic nitrogens is 3. The molecule has 3 fully saturated rings. The van der Waals surface area contributed by atoms with E-state index in [9.17, 15) is 9.50 Å². The van der Waals surface area contributed by atoms with Crippen molar-refractivity contribution in [3.63, 3.8) is 0 Å². The molecule has 3 aromatic heterocycles. The van der Waals surface area contributed by atoms with Gasteiger partial charge in [0, 0.05) is 30.1 Å². The zero-order chi connectivity index (χ0) is 24.8. The number of nitrogens with one attached hydrogen (secondary N) is 2. The number of methoxy groups -OCH3 is 1. The maximum absolute atomic E-state index is 14.8. The van der Waals surface area contributed by atoms with E-state index in [4.69, 9.17) is 14.2 Å².